The Bertz CT molecular complexity index is 3510. The minimum absolute atomic E-state index is 0.0483. The van der Waals surface area contributed by atoms with Crippen molar-refractivity contribution < 1.29 is 29.4 Å². The number of nitrogens with zero attached hydrogens (tertiary/aromatic N) is 3. The minimum atomic E-state index is -3.38. The molecule has 0 aliphatic carbocycles. The molecule has 4 aromatic heterocycles. The number of benzene rings is 5. The van der Waals surface area contributed by atoms with Gasteiger partial charge >= 0.3 is 0 Å². The van der Waals surface area contributed by atoms with Crippen molar-refractivity contribution in [1.29, 1.82) is 0 Å². The van der Waals surface area contributed by atoms with E-state index in [0.717, 1.165) is 36.8 Å². The van der Waals surface area contributed by atoms with E-state index >= 15 is 4.39 Å². The van der Waals surface area contributed by atoms with Gasteiger partial charge in [-0.2, -0.15) is 0 Å². The maximum absolute atomic E-state index is 15.2. The molecule has 0 fully saturated rings. The van der Waals surface area contributed by atoms with Gasteiger partial charge in [-0.1, -0.05) is 136 Å². The first-order chi connectivity index (χ1) is 35.4. The molecule has 302 valence electrons. The van der Waals surface area contributed by atoms with Gasteiger partial charge in [0.2, 0.25) is 0 Å². The highest BCUT2D eigenvalue weighted by atomic mass is 19.1. The lowest BCUT2D eigenvalue weighted by atomic mass is 9.85. The van der Waals surface area contributed by atoms with Crippen molar-refractivity contribution in [3.05, 3.63) is 209 Å². The molecular weight excluding hydrogens is 750 g/mol. The van der Waals surface area contributed by atoms with E-state index in [-0.39, 0.29) is 39.1 Å². The summed E-state index contributed by atoms with van der Waals surface area (Å²) in [5, 5.41) is 0.818. The fraction of sp³-hybridized carbons (Fsp3) is 0.196. The Morgan fingerprint density at radius 3 is 1.59 bits per heavy atom. The SMILES string of the molecule is [2H]c1ccc2c(oc3c(-c4cc(C([2H])([2H])C(C)(C)C)c(C([2H])([2H])C([2H])([2H])c5cc(C([2H])([2H])C([2H])([2H])c6ccc(-c7ccccc7)nc6)cc(C([2H])([2H])C([2H])([2H])c6ccc(-c7ccccc7)nc6)c5)cn4)cccc32)c1F. The summed E-state index contributed by atoms with van der Waals surface area (Å²) in [7, 11) is 0. The molecular formula is C56H50FN3O. The normalized spacial score (nSPS) is 17.0. The Kier molecular flexibility index (Phi) is 7.39. The summed E-state index contributed by atoms with van der Waals surface area (Å²) in [5.74, 6) is -0.896. The molecule has 9 aromatic rings. The number of fused-ring (bicyclic) bond motifs is 3. The Labute approximate surface area is 379 Å². The van der Waals surface area contributed by atoms with Crippen LogP contribution in [-0.2, 0) is 44.6 Å². The molecule has 0 saturated heterocycles. The van der Waals surface area contributed by atoms with Crippen LogP contribution in [0.5, 0.6) is 0 Å². The first kappa shape index (κ1) is 25.8. The van der Waals surface area contributed by atoms with Crippen molar-refractivity contribution in [1.82, 2.24) is 15.0 Å². The molecule has 0 bridgehead atoms. The molecule has 0 unspecified atom stereocenters. The van der Waals surface area contributed by atoms with E-state index in [0.29, 0.717) is 33.3 Å². The Balaban J connectivity index is 1.21. The third-order valence-electron chi connectivity index (χ3n) is 9.75. The van der Waals surface area contributed by atoms with E-state index in [2.05, 4.69) is 15.0 Å². The summed E-state index contributed by atoms with van der Waals surface area (Å²) in [5.41, 5.74) is -2.17. The van der Waals surface area contributed by atoms with Crippen molar-refractivity contribution >= 4 is 21.9 Å². The van der Waals surface area contributed by atoms with Crippen molar-refractivity contribution in [2.45, 2.75) is 65.4 Å². The van der Waals surface area contributed by atoms with Gasteiger partial charge in [0.25, 0.3) is 0 Å². The van der Waals surface area contributed by atoms with Crippen molar-refractivity contribution in [3.63, 3.8) is 0 Å². The van der Waals surface area contributed by atoms with Crippen LogP contribution >= 0.6 is 0 Å². The average Bonchev–Trinajstić information content (AvgIpc) is 3.84. The second-order valence-electron chi connectivity index (χ2n) is 15.5. The standard InChI is InChI=1S/C56H50FN3O/c1-56(2,3)34-46-33-53(49-18-10-16-47-48-17-11-19-50(57)55(48)61-54(47)49)60-37-45(46)27-24-42-31-40(22-20-38-25-28-51(58-35-38)43-12-6-4-7-13-43)30-41(32-42)23-21-39-26-29-52(59-36-39)44-14-8-5-9-15-44/h4-19,25-26,28-33,35-37H,20-24,27,34H2,1-3H3/i19D,20D2,21D2,22D2,23D2,24D2,27D2,34D2. The maximum atomic E-state index is 15.2. The summed E-state index contributed by atoms with van der Waals surface area (Å²) in [6.45, 7) is 4.71. The van der Waals surface area contributed by atoms with Crippen LogP contribution in [0.2, 0.25) is 0 Å². The first-order valence-electron chi connectivity index (χ1n) is 27.3. The molecule has 0 amide bonds. The number of para-hydroxylation sites is 2. The van der Waals surface area contributed by atoms with Crippen LogP contribution in [0.4, 0.5) is 4.39 Å². The van der Waals surface area contributed by atoms with Crippen LogP contribution in [0.1, 0.15) is 80.3 Å². The number of hydrogen-bond acceptors (Lipinski definition) is 4. The molecule has 0 radical (unpaired) electrons. The number of aromatic nitrogens is 3. The van der Waals surface area contributed by atoms with Crippen LogP contribution in [-0.4, -0.2) is 15.0 Å². The molecule has 0 aliphatic heterocycles. The lowest BCUT2D eigenvalue weighted by molar-refractivity contribution is 0.409. The van der Waals surface area contributed by atoms with Crippen LogP contribution in [0.25, 0.3) is 55.7 Å². The van der Waals surface area contributed by atoms with E-state index in [9.17, 15) is 19.2 Å². The molecule has 4 heterocycles. The number of rotatable bonds is 13. The lowest BCUT2D eigenvalue weighted by Crippen LogP contribution is -2.12. The molecule has 0 aliphatic rings. The monoisotopic (exact) mass is 814 g/mol. The molecule has 0 N–H and O–H groups in total. The molecule has 0 spiro atoms. The fourth-order valence-electron chi connectivity index (χ4n) is 6.91. The smallest absolute Gasteiger partial charge is 0.171 e. The van der Waals surface area contributed by atoms with Crippen LogP contribution < -0.4 is 0 Å². The summed E-state index contributed by atoms with van der Waals surface area (Å²) in [6.07, 6.45) is -18.2. The summed E-state index contributed by atoms with van der Waals surface area (Å²) >= 11 is 0. The highest BCUT2D eigenvalue weighted by Gasteiger charge is 2.19. The van der Waals surface area contributed by atoms with Gasteiger partial charge in [-0.05, 0) is 119 Å². The summed E-state index contributed by atoms with van der Waals surface area (Å²) in [4.78, 5) is 13.3. The summed E-state index contributed by atoms with van der Waals surface area (Å²) in [6, 6.07) is 35.0. The lowest BCUT2D eigenvalue weighted by Gasteiger charge is -2.21. The Hall–Kier alpha value is -6.72. The fourth-order valence-corrected chi connectivity index (χ4v) is 6.91. The molecule has 5 heteroatoms. The van der Waals surface area contributed by atoms with E-state index in [1.165, 1.54) is 42.5 Å². The van der Waals surface area contributed by atoms with E-state index in [4.69, 9.17) is 5.79 Å². The predicted octanol–water partition coefficient (Wildman–Crippen LogP) is 13.9. The van der Waals surface area contributed by atoms with Gasteiger partial charge in [0.1, 0.15) is 5.58 Å². The molecule has 4 nitrogen and oxygen atoms in total. The zero-order valence-electron chi connectivity index (χ0n) is 48.6. The zero-order valence-corrected chi connectivity index (χ0v) is 33.6. The van der Waals surface area contributed by atoms with E-state index in [1.807, 2.05) is 12.1 Å². The largest absolute Gasteiger partial charge is 0.452 e. The number of pyridine rings is 3. The Morgan fingerprint density at radius 2 is 1.03 bits per heavy atom. The molecule has 9 rings (SSSR count). The van der Waals surface area contributed by atoms with Gasteiger partial charge in [-0.3, -0.25) is 15.0 Å². The molecule has 0 atom stereocenters. The van der Waals surface area contributed by atoms with Gasteiger partial charge in [-0.25, -0.2) is 4.39 Å². The van der Waals surface area contributed by atoms with E-state index < -0.39 is 84.1 Å². The number of halogens is 1. The Morgan fingerprint density at radius 1 is 0.508 bits per heavy atom. The van der Waals surface area contributed by atoms with Crippen LogP contribution in [0.3, 0.4) is 0 Å². The minimum Gasteiger partial charge on any atom is -0.452 e. The second-order valence-corrected chi connectivity index (χ2v) is 15.5. The van der Waals surface area contributed by atoms with Gasteiger partial charge in [0.05, 0.1) is 18.5 Å². The van der Waals surface area contributed by atoms with Gasteiger partial charge in [-0.15, -0.1) is 0 Å². The third kappa shape index (κ3) is 9.37. The van der Waals surface area contributed by atoms with Crippen molar-refractivity contribution in [2.24, 2.45) is 5.41 Å². The quantitative estimate of drug-likeness (QED) is 0.116. The highest BCUT2D eigenvalue weighted by Crippen LogP contribution is 2.37. The van der Waals surface area contributed by atoms with Gasteiger partial charge < -0.3 is 4.42 Å². The molecule has 5 aromatic carbocycles. The van der Waals surface area contributed by atoms with Crippen LogP contribution in [0.15, 0.2) is 169 Å². The van der Waals surface area contributed by atoms with Crippen molar-refractivity contribution in [2.75, 3.05) is 0 Å². The van der Waals surface area contributed by atoms with Crippen LogP contribution in [0, 0.1) is 11.2 Å². The second kappa shape index (κ2) is 17.5. The summed E-state index contributed by atoms with van der Waals surface area (Å²) < 4.78 is 163. The number of aryl methyl sites for hydroxylation is 6. The van der Waals surface area contributed by atoms with Gasteiger partial charge in [0, 0.05) is 65.2 Å². The number of furan rings is 1. The van der Waals surface area contributed by atoms with E-state index in [1.54, 1.807) is 87.5 Å². The van der Waals surface area contributed by atoms with Gasteiger partial charge in [0.15, 0.2) is 11.4 Å². The zero-order chi connectivity index (χ0) is 55.2. The predicted molar refractivity (Wildman–Crippen MR) is 248 cm³/mol. The number of hydrogen-bond donors (Lipinski definition) is 0. The van der Waals surface area contributed by atoms with Crippen molar-refractivity contribution in [3.8, 4) is 33.8 Å². The molecule has 61 heavy (non-hydrogen) atoms. The first-order valence-corrected chi connectivity index (χ1v) is 19.8. The highest BCUT2D eigenvalue weighted by molar-refractivity contribution is 6.09. The maximum Gasteiger partial charge on any atom is 0.171 e. The average molecular weight is 815 g/mol. The molecule has 0 saturated carbocycles. The topological polar surface area (TPSA) is 51.8 Å². The third-order valence-corrected chi connectivity index (χ3v) is 9.75.